The molecular weight excluding hydrogens is 673 g/mol. The molecule has 0 aliphatic rings. The van der Waals surface area contributed by atoms with Crippen LogP contribution >= 0.6 is 0 Å². The standard InChI is InChI=1S/C48H78O6/c1-4-7-10-13-16-19-22-24-27-29-32-35-38-41-47(50)53-44-45(43-52-46(49)40-37-34-31-28-25-21-18-15-12-9-6-3)54-48(51)42-39-36-33-30-26-23-20-17-14-11-8-5-2/h7-8,10-11,13,16-17,19-20,22,24,26-27,30,45H,4-6,9,12,14-15,18,21,23,25,28-29,31-44H2,1-3H3/b10-7-,11-8-,16-13-,20-17-,22-19-,27-24-,30-26-. The lowest BCUT2D eigenvalue weighted by atomic mass is 10.1. The van der Waals surface area contributed by atoms with Crippen LogP contribution in [-0.4, -0.2) is 37.2 Å². The molecule has 0 aromatic carbocycles. The smallest absolute Gasteiger partial charge is 0.306 e. The van der Waals surface area contributed by atoms with Gasteiger partial charge < -0.3 is 14.2 Å². The monoisotopic (exact) mass is 751 g/mol. The first-order chi connectivity index (χ1) is 26.5. The molecule has 0 fully saturated rings. The van der Waals surface area contributed by atoms with E-state index >= 15 is 0 Å². The van der Waals surface area contributed by atoms with Crippen LogP contribution in [0.2, 0.25) is 0 Å². The molecule has 0 saturated carbocycles. The molecule has 0 rings (SSSR count). The summed E-state index contributed by atoms with van der Waals surface area (Å²) >= 11 is 0. The lowest BCUT2D eigenvalue weighted by Crippen LogP contribution is -2.30. The summed E-state index contributed by atoms with van der Waals surface area (Å²) in [7, 11) is 0. The van der Waals surface area contributed by atoms with Gasteiger partial charge in [0.2, 0.25) is 0 Å². The molecule has 0 amide bonds. The Morgan fingerprint density at radius 3 is 1.39 bits per heavy atom. The molecule has 0 saturated heterocycles. The topological polar surface area (TPSA) is 78.9 Å². The highest BCUT2D eigenvalue weighted by Gasteiger charge is 2.19. The highest BCUT2D eigenvalue weighted by Crippen LogP contribution is 2.13. The first-order valence-corrected chi connectivity index (χ1v) is 21.6. The fraction of sp³-hybridized carbons (Fsp3) is 0.646. The van der Waals surface area contributed by atoms with Crippen molar-refractivity contribution in [3.63, 3.8) is 0 Å². The van der Waals surface area contributed by atoms with Crippen molar-refractivity contribution >= 4 is 17.9 Å². The summed E-state index contributed by atoms with van der Waals surface area (Å²) in [5.41, 5.74) is 0. The largest absolute Gasteiger partial charge is 0.462 e. The van der Waals surface area contributed by atoms with E-state index in [0.717, 1.165) is 83.5 Å². The fourth-order valence-electron chi connectivity index (χ4n) is 5.52. The first-order valence-electron chi connectivity index (χ1n) is 21.6. The maximum atomic E-state index is 12.7. The third kappa shape index (κ3) is 39.8. The third-order valence-corrected chi connectivity index (χ3v) is 8.74. The summed E-state index contributed by atoms with van der Waals surface area (Å²) in [5.74, 6) is -0.996. The molecular formula is C48H78O6. The van der Waals surface area contributed by atoms with Crippen LogP contribution in [0.4, 0.5) is 0 Å². The van der Waals surface area contributed by atoms with E-state index in [2.05, 4.69) is 69.4 Å². The Kier molecular flexibility index (Phi) is 39.7. The molecule has 6 nitrogen and oxygen atoms in total. The lowest BCUT2D eigenvalue weighted by molar-refractivity contribution is -0.167. The van der Waals surface area contributed by atoms with Crippen molar-refractivity contribution in [2.24, 2.45) is 0 Å². The maximum Gasteiger partial charge on any atom is 0.306 e. The number of carbonyl (C=O) groups is 3. The summed E-state index contributed by atoms with van der Waals surface area (Å²) in [6, 6.07) is 0. The van der Waals surface area contributed by atoms with Crippen molar-refractivity contribution in [1.29, 1.82) is 0 Å². The molecule has 0 aliphatic carbocycles. The summed E-state index contributed by atoms with van der Waals surface area (Å²) in [5, 5.41) is 0. The Morgan fingerprint density at radius 2 is 0.815 bits per heavy atom. The molecule has 0 spiro atoms. The van der Waals surface area contributed by atoms with E-state index < -0.39 is 6.10 Å². The zero-order chi connectivity index (χ0) is 39.4. The molecule has 6 heteroatoms. The normalized spacial score (nSPS) is 12.9. The Hall–Kier alpha value is -3.41. The van der Waals surface area contributed by atoms with Crippen LogP contribution in [-0.2, 0) is 28.6 Å². The van der Waals surface area contributed by atoms with Gasteiger partial charge >= 0.3 is 17.9 Å². The minimum atomic E-state index is -0.808. The highest BCUT2D eigenvalue weighted by molar-refractivity contribution is 5.71. The van der Waals surface area contributed by atoms with Crippen LogP contribution in [0.3, 0.4) is 0 Å². The van der Waals surface area contributed by atoms with Gasteiger partial charge in [0, 0.05) is 19.3 Å². The molecule has 54 heavy (non-hydrogen) atoms. The number of hydrogen-bond donors (Lipinski definition) is 0. The molecule has 1 unspecified atom stereocenters. The zero-order valence-electron chi connectivity index (χ0n) is 34.7. The minimum Gasteiger partial charge on any atom is -0.462 e. The number of rotatable bonds is 37. The quantitative estimate of drug-likeness (QED) is 0.0207. The van der Waals surface area contributed by atoms with Crippen molar-refractivity contribution in [2.75, 3.05) is 13.2 Å². The van der Waals surface area contributed by atoms with Gasteiger partial charge in [-0.1, -0.05) is 176 Å². The Bertz CT molecular complexity index is 1090. The predicted molar refractivity (Wildman–Crippen MR) is 228 cm³/mol. The fourth-order valence-corrected chi connectivity index (χ4v) is 5.52. The Labute approximate surface area is 331 Å². The van der Waals surface area contributed by atoms with Crippen LogP contribution in [0.25, 0.3) is 0 Å². The second-order valence-corrected chi connectivity index (χ2v) is 13.9. The van der Waals surface area contributed by atoms with Gasteiger partial charge in [-0.3, -0.25) is 14.4 Å². The molecule has 0 aromatic heterocycles. The molecule has 0 radical (unpaired) electrons. The van der Waals surface area contributed by atoms with E-state index in [9.17, 15) is 14.4 Å². The van der Waals surface area contributed by atoms with Crippen molar-refractivity contribution in [3.05, 3.63) is 85.1 Å². The maximum absolute atomic E-state index is 12.7. The van der Waals surface area contributed by atoms with Crippen LogP contribution in [0.15, 0.2) is 85.1 Å². The second-order valence-electron chi connectivity index (χ2n) is 13.9. The van der Waals surface area contributed by atoms with Gasteiger partial charge in [0.25, 0.3) is 0 Å². The molecule has 0 aliphatic heterocycles. The molecule has 1 atom stereocenters. The average molecular weight is 751 g/mol. The van der Waals surface area contributed by atoms with Crippen molar-refractivity contribution in [1.82, 2.24) is 0 Å². The van der Waals surface area contributed by atoms with Gasteiger partial charge in [-0.05, 0) is 70.6 Å². The van der Waals surface area contributed by atoms with Crippen LogP contribution in [0, 0.1) is 0 Å². The van der Waals surface area contributed by atoms with Gasteiger partial charge in [-0.25, -0.2) is 0 Å². The zero-order valence-corrected chi connectivity index (χ0v) is 34.7. The number of esters is 3. The minimum absolute atomic E-state index is 0.105. The van der Waals surface area contributed by atoms with Crippen LogP contribution in [0.5, 0.6) is 0 Å². The highest BCUT2D eigenvalue weighted by atomic mass is 16.6. The Morgan fingerprint density at radius 1 is 0.407 bits per heavy atom. The van der Waals surface area contributed by atoms with E-state index in [4.69, 9.17) is 14.2 Å². The molecule has 0 aromatic rings. The lowest BCUT2D eigenvalue weighted by Gasteiger charge is -2.18. The first kappa shape index (κ1) is 50.6. The second kappa shape index (κ2) is 42.3. The number of carbonyl (C=O) groups excluding carboxylic acids is 3. The van der Waals surface area contributed by atoms with Gasteiger partial charge in [0.1, 0.15) is 13.2 Å². The molecule has 0 heterocycles. The van der Waals surface area contributed by atoms with Crippen molar-refractivity contribution < 1.29 is 28.6 Å². The predicted octanol–water partition coefficient (Wildman–Crippen LogP) is 13.7. The van der Waals surface area contributed by atoms with E-state index in [1.807, 2.05) is 36.5 Å². The van der Waals surface area contributed by atoms with E-state index in [-0.39, 0.29) is 37.5 Å². The van der Waals surface area contributed by atoms with Crippen LogP contribution in [0.1, 0.15) is 181 Å². The molecule has 306 valence electrons. The van der Waals surface area contributed by atoms with E-state index in [0.29, 0.717) is 19.3 Å². The summed E-state index contributed by atoms with van der Waals surface area (Å²) in [4.78, 5) is 37.6. The van der Waals surface area contributed by atoms with Crippen molar-refractivity contribution in [3.8, 4) is 0 Å². The summed E-state index contributed by atoms with van der Waals surface area (Å²) in [6.45, 7) is 6.27. The SMILES string of the molecule is CC\C=C/C=C\C=C/C=C\CCCCCC(=O)OCC(COC(=O)CCCCCCCCCCCCC)OC(=O)CCCC/C=C\C/C=C\C/C=C\CC. The molecule has 0 N–H and O–H groups in total. The summed E-state index contributed by atoms with van der Waals surface area (Å²) in [6.07, 6.45) is 52.8. The van der Waals surface area contributed by atoms with E-state index in [1.54, 1.807) is 0 Å². The van der Waals surface area contributed by atoms with Gasteiger partial charge in [0.05, 0.1) is 0 Å². The third-order valence-electron chi connectivity index (χ3n) is 8.74. The van der Waals surface area contributed by atoms with Gasteiger partial charge in [-0.15, -0.1) is 0 Å². The number of allylic oxidation sites excluding steroid dienone is 14. The van der Waals surface area contributed by atoms with Crippen molar-refractivity contribution in [2.45, 2.75) is 187 Å². The number of ether oxygens (including phenoxy) is 3. The molecule has 0 bridgehead atoms. The van der Waals surface area contributed by atoms with Gasteiger partial charge in [-0.2, -0.15) is 0 Å². The van der Waals surface area contributed by atoms with E-state index in [1.165, 1.54) is 51.4 Å². The average Bonchev–Trinajstić information content (AvgIpc) is 3.17. The Balaban J connectivity index is 4.52. The number of hydrogen-bond acceptors (Lipinski definition) is 6. The van der Waals surface area contributed by atoms with Crippen LogP contribution < -0.4 is 0 Å². The number of unbranched alkanes of at least 4 members (excludes halogenated alkanes) is 15. The summed E-state index contributed by atoms with van der Waals surface area (Å²) < 4.78 is 16.6. The van der Waals surface area contributed by atoms with Gasteiger partial charge in [0.15, 0.2) is 6.10 Å².